The molecule has 2 aliphatic rings. The highest BCUT2D eigenvalue weighted by atomic mass is 16.5. The minimum absolute atomic E-state index is 0.0215. The predicted molar refractivity (Wildman–Crippen MR) is 95.9 cm³/mol. The Balaban J connectivity index is 1.43. The minimum Gasteiger partial charge on any atom is -0.381 e. The number of piperidine rings is 1. The van der Waals surface area contributed by atoms with Crippen LogP contribution in [0.5, 0.6) is 0 Å². The summed E-state index contributed by atoms with van der Waals surface area (Å²) >= 11 is 0. The second kappa shape index (κ2) is 7.45. The zero-order valence-corrected chi connectivity index (χ0v) is 14.8. The van der Waals surface area contributed by atoms with Crippen LogP contribution in [0.4, 0.5) is 0 Å². The van der Waals surface area contributed by atoms with Gasteiger partial charge < -0.3 is 9.64 Å². The van der Waals surface area contributed by atoms with Gasteiger partial charge in [-0.15, -0.1) is 0 Å². The highest BCUT2D eigenvalue weighted by molar-refractivity contribution is 5.79. The number of benzene rings is 1. The fraction of sp³-hybridized carbons (Fsp3) is 0.526. The van der Waals surface area contributed by atoms with Crippen LogP contribution in [0.3, 0.4) is 0 Å². The SMILES string of the molecule is O=C([C@@H]1CCOC1)N1CCC(c2n[nH]c(=O)n2Cc2ccccc2)CC1. The molecule has 4 rings (SSSR count). The molecule has 0 spiro atoms. The number of likely N-dealkylation sites (tertiary alicyclic amines) is 1. The molecule has 0 bridgehead atoms. The average molecular weight is 356 g/mol. The van der Waals surface area contributed by atoms with E-state index in [9.17, 15) is 9.59 Å². The molecule has 7 heteroatoms. The number of H-pyrrole nitrogens is 1. The van der Waals surface area contributed by atoms with Gasteiger partial charge in [-0.1, -0.05) is 30.3 Å². The monoisotopic (exact) mass is 356 g/mol. The topological polar surface area (TPSA) is 80.2 Å². The molecule has 3 heterocycles. The molecular formula is C19H24N4O3. The van der Waals surface area contributed by atoms with Crippen LogP contribution in [0, 0.1) is 5.92 Å². The van der Waals surface area contributed by atoms with Gasteiger partial charge in [-0.05, 0) is 24.8 Å². The maximum atomic E-state index is 12.5. The largest absolute Gasteiger partial charge is 0.381 e. The summed E-state index contributed by atoms with van der Waals surface area (Å²) in [4.78, 5) is 26.7. The van der Waals surface area contributed by atoms with E-state index in [2.05, 4.69) is 10.2 Å². The number of ether oxygens (including phenoxy) is 1. The van der Waals surface area contributed by atoms with Crippen molar-refractivity contribution in [2.75, 3.05) is 26.3 Å². The summed E-state index contributed by atoms with van der Waals surface area (Å²) in [5, 5.41) is 6.88. The van der Waals surface area contributed by atoms with E-state index in [4.69, 9.17) is 4.74 Å². The van der Waals surface area contributed by atoms with Crippen LogP contribution >= 0.6 is 0 Å². The number of aromatic nitrogens is 3. The van der Waals surface area contributed by atoms with Gasteiger partial charge in [0, 0.05) is 25.6 Å². The van der Waals surface area contributed by atoms with Gasteiger partial charge >= 0.3 is 5.69 Å². The first-order valence-electron chi connectivity index (χ1n) is 9.28. The van der Waals surface area contributed by atoms with E-state index in [0.29, 0.717) is 32.8 Å². The Bertz CT molecular complexity index is 800. The Morgan fingerprint density at radius 1 is 1.19 bits per heavy atom. The summed E-state index contributed by atoms with van der Waals surface area (Å²) in [7, 11) is 0. The fourth-order valence-corrected chi connectivity index (χ4v) is 3.91. The Labute approximate surface area is 152 Å². The molecule has 0 saturated carbocycles. The van der Waals surface area contributed by atoms with Crippen LogP contribution in [0.1, 0.15) is 36.6 Å². The molecule has 1 aromatic heterocycles. The third-order valence-corrected chi connectivity index (χ3v) is 5.42. The molecule has 1 aromatic carbocycles. The van der Waals surface area contributed by atoms with Crippen LogP contribution < -0.4 is 5.69 Å². The summed E-state index contributed by atoms with van der Waals surface area (Å²) in [6, 6.07) is 9.92. The summed E-state index contributed by atoms with van der Waals surface area (Å²) in [5.41, 5.74) is 0.900. The second-order valence-corrected chi connectivity index (χ2v) is 7.12. The van der Waals surface area contributed by atoms with Gasteiger partial charge in [0.25, 0.3) is 0 Å². The number of hydrogen-bond acceptors (Lipinski definition) is 4. The Kier molecular flexibility index (Phi) is 4.88. The van der Waals surface area contributed by atoms with Crippen LogP contribution in [-0.2, 0) is 16.1 Å². The normalized spacial score (nSPS) is 21.2. The maximum Gasteiger partial charge on any atom is 0.343 e. The molecule has 2 aliphatic heterocycles. The highest BCUT2D eigenvalue weighted by Crippen LogP contribution is 2.28. The van der Waals surface area contributed by atoms with Gasteiger partial charge in [-0.25, -0.2) is 9.89 Å². The Hall–Kier alpha value is -2.41. The van der Waals surface area contributed by atoms with Crippen molar-refractivity contribution in [3.05, 3.63) is 52.2 Å². The second-order valence-electron chi connectivity index (χ2n) is 7.12. The van der Waals surface area contributed by atoms with Crippen molar-refractivity contribution in [3.8, 4) is 0 Å². The number of rotatable bonds is 4. The molecule has 0 radical (unpaired) electrons. The van der Waals surface area contributed by atoms with Crippen molar-refractivity contribution in [2.45, 2.75) is 31.7 Å². The van der Waals surface area contributed by atoms with E-state index < -0.39 is 0 Å². The van der Waals surface area contributed by atoms with Crippen LogP contribution in [0.2, 0.25) is 0 Å². The van der Waals surface area contributed by atoms with Gasteiger partial charge in [0.2, 0.25) is 5.91 Å². The third kappa shape index (κ3) is 3.44. The summed E-state index contributed by atoms with van der Waals surface area (Å²) in [6.07, 6.45) is 2.49. The first-order valence-corrected chi connectivity index (χ1v) is 9.28. The molecule has 0 aliphatic carbocycles. The van der Waals surface area contributed by atoms with Crippen molar-refractivity contribution in [3.63, 3.8) is 0 Å². The first-order chi connectivity index (χ1) is 12.7. The zero-order chi connectivity index (χ0) is 17.9. The third-order valence-electron chi connectivity index (χ3n) is 5.42. The van der Waals surface area contributed by atoms with Gasteiger partial charge in [-0.2, -0.15) is 5.10 Å². The van der Waals surface area contributed by atoms with Crippen molar-refractivity contribution in [1.82, 2.24) is 19.7 Å². The molecule has 1 N–H and O–H groups in total. The quantitative estimate of drug-likeness (QED) is 0.897. The molecule has 1 amide bonds. The number of hydrogen-bond donors (Lipinski definition) is 1. The van der Waals surface area contributed by atoms with E-state index in [1.54, 1.807) is 4.57 Å². The lowest BCUT2D eigenvalue weighted by Crippen LogP contribution is -2.42. The lowest BCUT2D eigenvalue weighted by molar-refractivity contribution is -0.136. The molecule has 2 aromatic rings. The van der Waals surface area contributed by atoms with Crippen molar-refractivity contribution < 1.29 is 9.53 Å². The summed E-state index contributed by atoms with van der Waals surface area (Å²) in [6.45, 7) is 3.18. The number of aromatic amines is 1. The molecule has 1 atom stereocenters. The molecule has 0 unspecified atom stereocenters. The van der Waals surface area contributed by atoms with E-state index in [0.717, 1.165) is 30.7 Å². The lowest BCUT2D eigenvalue weighted by atomic mass is 9.94. The lowest BCUT2D eigenvalue weighted by Gasteiger charge is -2.33. The van der Waals surface area contributed by atoms with Crippen molar-refractivity contribution >= 4 is 5.91 Å². The fourth-order valence-electron chi connectivity index (χ4n) is 3.91. The minimum atomic E-state index is -0.175. The van der Waals surface area contributed by atoms with Crippen molar-refractivity contribution in [2.24, 2.45) is 5.92 Å². The standard InChI is InChI=1S/C19H24N4O3/c24-18(16-8-11-26-13-16)22-9-6-15(7-10-22)17-20-21-19(25)23(17)12-14-4-2-1-3-5-14/h1-5,15-16H,6-13H2,(H,21,25)/t16-/m1/s1. The number of carbonyl (C=O) groups excluding carboxylic acids is 1. The van der Waals surface area contributed by atoms with E-state index in [1.165, 1.54) is 0 Å². The maximum absolute atomic E-state index is 12.5. The first kappa shape index (κ1) is 17.0. The molecule has 2 fully saturated rings. The number of nitrogens with zero attached hydrogens (tertiary/aromatic N) is 3. The Morgan fingerprint density at radius 3 is 2.65 bits per heavy atom. The van der Waals surface area contributed by atoms with Gasteiger partial charge in [0.1, 0.15) is 5.82 Å². The molecule has 138 valence electrons. The van der Waals surface area contributed by atoms with Crippen LogP contribution in [-0.4, -0.2) is 51.9 Å². The van der Waals surface area contributed by atoms with E-state index in [1.807, 2.05) is 35.2 Å². The van der Waals surface area contributed by atoms with Gasteiger partial charge in [-0.3, -0.25) is 9.36 Å². The smallest absolute Gasteiger partial charge is 0.343 e. The van der Waals surface area contributed by atoms with E-state index >= 15 is 0 Å². The van der Waals surface area contributed by atoms with Gasteiger partial charge in [0.05, 0.1) is 19.1 Å². The van der Waals surface area contributed by atoms with Crippen molar-refractivity contribution in [1.29, 1.82) is 0 Å². The highest BCUT2D eigenvalue weighted by Gasteiger charge is 2.32. The summed E-state index contributed by atoms with van der Waals surface area (Å²) < 4.78 is 7.06. The number of nitrogens with one attached hydrogen (secondary N) is 1. The molecule has 7 nitrogen and oxygen atoms in total. The molecular weight excluding hydrogens is 332 g/mol. The summed E-state index contributed by atoms with van der Waals surface area (Å²) in [5.74, 6) is 1.23. The average Bonchev–Trinajstić information content (AvgIpc) is 3.33. The molecule has 26 heavy (non-hydrogen) atoms. The van der Waals surface area contributed by atoms with Gasteiger partial charge in [0.15, 0.2) is 0 Å². The van der Waals surface area contributed by atoms with E-state index in [-0.39, 0.29) is 23.4 Å². The van der Waals surface area contributed by atoms with Crippen LogP contribution in [0.15, 0.2) is 35.1 Å². The zero-order valence-electron chi connectivity index (χ0n) is 14.8. The van der Waals surface area contributed by atoms with Crippen LogP contribution in [0.25, 0.3) is 0 Å². The number of carbonyl (C=O) groups is 1. The predicted octanol–water partition coefficient (Wildman–Crippen LogP) is 1.36. The Morgan fingerprint density at radius 2 is 1.96 bits per heavy atom. The number of amides is 1. The molecule has 2 saturated heterocycles.